The minimum absolute atomic E-state index is 0.0952. The molecule has 1 atom stereocenters. The van der Waals surface area contributed by atoms with Crippen LogP contribution in [0.15, 0.2) is 81.9 Å². The third-order valence-corrected chi connectivity index (χ3v) is 6.44. The molecule has 0 fully saturated rings. The number of nitrogens with zero attached hydrogens (tertiary/aromatic N) is 2. The van der Waals surface area contributed by atoms with Gasteiger partial charge in [0.2, 0.25) is 0 Å². The predicted octanol–water partition coefficient (Wildman–Crippen LogP) is 5.24. The van der Waals surface area contributed by atoms with E-state index in [1.807, 2.05) is 59.6 Å². The number of benzene rings is 2. The SMILES string of the molecule is N#CC1=C(N)N(c2ccc(Br)cc2)C2=C(C(=O)CCC2)[C@H]1c1ccc2[nH]ccc2c1. The molecule has 3 aromatic rings. The monoisotopic (exact) mass is 458 g/mol. The number of Topliss-reactive ketones (excluding diaryl/α,β-unsaturated/α-hetero) is 1. The topological polar surface area (TPSA) is 85.9 Å². The number of halogens is 1. The van der Waals surface area contributed by atoms with Crippen molar-refractivity contribution in [1.82, 2.24) is 4.98 Å². The highest BCUT2D eigenvalue weighted by molar-refractivity contribution is 9.10. The predicted molar refractivity (Wildman–Crippen MR) is 120 cm³/mol. The van der Waals surface area contributed by atoms with E-state index in [-0.39, 0.29) is 5.78 Å². The molecule has 1 aromatic heterocycles. The highest BCUT2D eigenvalue weighted by atomic mass is 79.9. The fourth-order valence-corrected chi connectivity index (χ4v) is 4.82. The Morgan fingerprint density at radius 1 is 1.13 bits per heavy atom. The van der Waals surface area contributed by atoms with Crippen LogP contribution >= 0.6 is 15.9 Å². The van der Waals surface area contributed by atoms with Crippen LogP contribution in [0.25, 0.3) is 10.9 Å². The lowest BCUT2D eigenvalue weighted by molar-refractivity contribution is -0.116. The zero-order chi connectivity index (χ0) is 20.8. The second-order valence-corrected chi connectivity index (χ2v) is 8.53. The van der Waals surface area contributed by atoms with E-state index in [1.54, 1.807) is 0 Å². The number of nitrogens with two attached hydrogens (primary N) is 1. The van der Waals surface area contributed by atoms with E-state index in [0.717, 1.165) is 45.2 Å². The summed E-state index contributed by atoms with van der Waals surface area (Å²) in [5, 5.41) is 11.1. The fraction of sp³-hybridized carbons (Fsp3) is 0.167. The van der Waals surface area contributed by atoms with Crippen LogP contribution in [0.1, 0.15) is 30.7 Å². The van der Waals surface area contributed by atoms with E-state index < -0.39 is 5.92 Å². The second kappa shape index (κ2) is 7.19. The van der Waals surface area contributed by atoms with Crippen LogP contribution in [-0.2, 0) is 4.79 Å². The Morgan fingerprint density at radius 2 is 1.93 bits per heavy atom. The first-order valence-corrected chi connectivity index (χ1v) is 10.7. The largest absolute Gasteiger partial charge is 0.384 e. The van der Waals surface area contributed by atoms with Crippen LogP contribution in [0.3, 0.4) is 0 Å². The molecule has 2 aliphatic rings. The molecule has 0 amide bonds. The first-order chi connectivity index (χ1) is 14.6. The number of nitrogens with one attached hydrogen (secondary N) is 1. The molecule has 30 heavy (non-hydrogen) atoms. The number of fused-ring (bicyclic) bond motifs is 1. The first-order valence-electron chi connectivity index (χ1n) is 9.87. The Morgan fingerprint density at radius 3 is 2.70 bits per heavy atom. The van der Waals surface area contributed by atoms with Gasteiger partial charge in [0.1, 0.15) is 5.82 Å². The molecule has 0 radical (unpaired) electrons. The minimum Gasteiger partial charge on any atom is -0.384 e. The van der Waals surface area contributed by atoms with Crippen molar-refractivity contribution in [2.45, 2.75) is 25.2 Å². The maximum atomic E-state index is 13.2. The molecule has 1 aliphatic heterocycles. The molecule has 2 heterocycles. The number of hydrogen-bond acceptors (Lipinski definition) is 4. The number of anilines is 1. The summed E-state index contributed by atoms with van der Waals surface area (Å²) in [5.74, 6) is 0.0500. The number of nitriles is 1. The second-order valence-electron chi connectivity index (χ2n) is 7.62. The van der Waals surface area contributed by atoms with Crippen molar-refractivity contribution in [2.75, 3.05) is 4.90 Å². The molecule has 6 heteroatoms. The molecule has 1 aliphatic carbocycles. The third kappa shape index (κ3) is 2.86. The van der Waals surface area contributed by atoms with Crippen molar-refractivity contribution in [2.24, 2.45) is 5.73 Å². The van der Waals surface area contributed by atoms with Crippen LogP contribution in [-0.4, -0.2) is 10.8 Å². The molecular weight excluding hydrogens is 440 g/mol. The number of rotatable bonds is 2. The van der Waals surface area contributed by atoms with Gasteiger partial charge in [-0.2, -0.15) is 5.26 Å². The lowest BCUT2D eigenvalue weighted by Gasteiger charge is -2.39. The molecule has 5 nitrogen and oxygen atoms in total. The van der Waals surface area contributed by atoms with Gasteiger partial charge in [-0.15, -0.1) is 0 Å². The summed E-state index contributed by atoms with van der Waals surface area (Å²) >= 11 is 3.46. The van der Waals surface area contributed by atoms with Gasteiger partial charge < -0.3 is 10.7 Å². The van der Waals surface area contributed by atoms with E-state index in [0.29, 0.717) is 23.4 Å². The van der Waals surface area contributed by atoms with Crippen molar-refractivity contribution in [3.63, 3.8) is 0 Å². The Balaban J connectivity index is 1.75. The molecule has 5 rings (SSSR count). The van der Waals surface area contributed by atoms with Gasteiger partial charge in [0, 0.05) is 39.6 Å². The summed E-state index contributed by atoms with van der Waals surface area (Å²) in [4.78, 5) is 18.2. The first kappa shape index (κ1) is 18.7. The van der Waals surface area contributed by atoms with Gasteiger partial charge in [0.25, 0.3) is 0 Å². The average molecular weight is 459 g/mol. The van der Waals surface area contributed by atoms with Crippen LogP contribution < -0.4 is 10.6 Å². The number of allylic oxidation sites excluding steroid dienone is 3. The van der Waals surface area contributed by atoms with Gasteiger partial charge in [-0.25, -0.2) is 0 Å². The third-order valence-electron chi connectivity index (χ3n) is 5.91. The molecule has 148 valence electrons. The van der Waals surface area contributed by atoms with Crippen molar-refractivity contribution >= 4 is 38.3 Å². The zero-order valence-corrected chi connectivity index (χ0v) is 17.7. The van der Waals surface area contributed by atoms with E-state index in [2.05, 4.69) is 27.0 Å². The summed E-state index contributed by atoms with van der Waals surface area (Å²) in [7, 11) is 0. The van der Waals surface area contributed by atoms with E-state index in [4.69, 9.17) is 5.73 Å². The normalized spacial score (nSPS) is 19.3. The van der Waals surface area contributed by atoms with Gasteiger partial charge in [-0.05, 0) is 66.3 Å². The molecule has 0 saturated heterocycles. The van der Waals surface area contributed by atoms with Crippen LogP contribution in [0.2, 0.25) is 0 Å². The number of aromatic amines is 1. The Labute approximate surface area is 182 Å². The molecule has 0 saturated carbocycles. The quantitative estimate of drug-likeness (QED) is 0.549. The molecular formula is C24H19BrN4O. The highest BCUT2D eigenvalue weighted by Crippen LogP contribution is 2.46. The molecule has 0 unspecified atom stereocenters. The Kier molecular flexibility index (Phi) is 4.48. The standard InChI is InChI=1S/C24H19BrN4O/c25-16-5-7-17(8-6-16)29-20-2-1-3-21(30)23(20)22(18(13-26)24(29)27)15-4-9-19-14(12-15)10-11-28-19/h4-12,22,28H,1-3,27H2/t22-/m0/s1. The Hall–Kier alpha value is -3.30. The van der Waals surface area contributed by atoms with Crippen molar-refractivity contribution < 1.29 is 4.79 Å². The number of ketones is 1. The minimum atomic E-state index is -0.441. The molecule has 3 N–H and O–H groups in total. The van der Waals surface area contributed by atoms with Gasteiger partial charge in [0.05, 0.1) is 17.6 Å². The number of aromatic nitrogens is 1. The van der Waals surface area contributed by atoms with Crippen LogP contribution in [0, 0.1) is 11.3 Å². The summed E-state index contributed by atoms with van der Waals surface area (Å²) in [5.41, 5.74) is 11.4. The summed E-state index contributed by atoms with van der Waals surface area (Å²) in [6.07, 6.45) is 3.91. The highest BCUT2D eigenvalue weighted by Gasteiger charge is 2.40. The molecule has 0 spiro atoms. The summed E-state index contributed by atoms with van der Waals surface area (Å²) < 4.78 is 0.956. The molecule has 0 bridgehead atoms. The number of hydrogen-bond donors (Lipinski definition) is 2. The van der Waals surface area contributed by atoms with Gasteiger partial charge in [-0.1, -0.05) is 22.0 Å². The van der Waals surface area contributed by atoms with Crippen molar-refractivity contribution in [3.05, 3.63) is 87.4 Å². The zero-order valence-electron chi connectivity index (χ0n) is 16.2. The van der Waals surface area contributed by atoms with Crippen LogP contribution in [0.5, 0.6) is 0 Å². The van der Waals surface area contributed by atoms with Crippen LogP contribution in [0.4, 0.5) is 5.69 Å². The summed E-state index contributed by atoms with van der Waals surface area (Å²) in [6, 6.07) is 18.1. The summed E-state index contributed by atoms with van der Waals surface area (Å²) in [6.45, 7) is 0. The number of carbonyl (C=O) groups is 1. The van der Waals surface area contributed by atoms with E-state index in [1.165, 1.54) is 0 Å². The van der Waals surface area contributed by atoms with Crippen molar-refractivity contribution in [3.8, 4) is 6.07 Å². The van der Waals surface area contributed by atoms with E-state index in [9.17, 15) is 10.1 Å². The maximum absolute atomic E-state index is 13.2. The smallest absolute Gasteiger partial charge is 0.161 e. The van der Waals surface area contributed by atoms with Gasteiger partial charge in [-0.3, -0.25) is 9.69 Å². The van der Waals surface area contributed by atoms with Gasteiger partial charge in [0.15, 0.2) is 5.78 Å². The lowest BCUT2D eigenvalue weighted by Crippen LogP contribution is -2.38. The number of H-pyrrole nitrogens is 1. The van der Waals surface area contributed by atoms with Crippen molar-refractivity contribution in [1.29, 1.82) is 5.26 Å². The van der Waals surface area contributed by atoms with E-state index >= 15 is 0 Å². The number of carbonyl (C=O) groups excluding carboxylic acids is 1. The average Bonchev–Trinajstić information content (AvgIpc) is 3.22. The lowest BCUT2D eigenvalue weighted by atomic mass is 9.75. The fourth-order valence-electron chi connectivity index (χ4n) is 4.56. The van der Waals surface area contributed by atoms with Gasteiger partial charge >= 0.3 is 0 Å². The Bertz CT molecular complexity index is 1280. The molecule has 2 aromatic carbocycles. The maximum Gasteiger partial charge on any atom is 0.161 e.